The fourth-order valence-electron chi connectivity index (χ4n) is 2.14. The average Bonchev–Trinajstić information content (AvgIpc) is 2.42. The standard InChI is InChI=1S/C15H16INO3/c1-3-7-17-9-12(15(19)20-4-2)14(18)11-6-5-10(16)8-13(11)17/h5-6,8-9H,3-4,7H2,1-2H3. The number of nitrogens with zero attached hydrogens (tertiary/aromatic N) is 1. The zero-order valence-corrected chi connectivity index (χ0v) is 13.6. The van der Waals surface area contributed by atoms with Gasteiger partial charge in [-0.2, -0.15) is 0 Å². The summed E-state index contributed by atoms with van der Waals surface area (Å²) in [6, 6.07) is 5.60. The molecule has 0 amide bonds. The Balaban J connectivity index is 2.73. The molecule has 0 saturated heterocycles. The first kappa shape index (κ1) is 15.0. The smallest absolute Gasteiger partial charge is 0.343 e. The molecule has 0 radical (unpaired) electrons. The van der Waals surface area contributed by atoms with E-state index in [1.807, 2.05) is 16.7 Å². The van der Waals surface area contributed by atoms with Crippen molar-refractivity contribution < 1.29 is 9.53 Å². The van der Waals surface area contributed by atoms with Crippen LogP contribution in [-0.4, -0.2) is 17.1 Å². The minimum atomic E-state index is -0.553. The van der Waals surface area contributed by atoms with Crippen LogP contribution in [0.15, 0.2) is 29.2 Å². The Morgan fingerprint density at radius 3 is 2.75 bits per heavy atom. The van der Waals surface area contributed by atoms with Crippen LogP contribution in [0.4, 0.5) is 0 Å². The zero-order valence-electron chi connectivity index (χ0n) is 11.5. The summed E-state index contributed by atoms with van der Waals surface area (Å²) in [4.78, 5) is 24.3. The van der Waals surface area contributed by atoms with E-state index in [4.69, 9.17) is 4.74 Å². The quantitative estimate of drug-likeness (QED) is 0.600. The number of aryl methyl sites for hydroxylation is 1. The van der Waals surface area contributed by atoms with Crippen molar-refractivity contribution in [2.45, 2.75) is 26.8 Å². The molecule has 0 unspecified atom stereocenters. The van der Waals surface area contributed by atoms with E-state index >= 15 is 0 Å². The minimum absolute atomic E-state index is 0.106. The van der Waals surface area contributed by atoms with Crippen molar-refractivity contribution in [2.24, 2.45) is 0 Å². The summed E-state index contributed by atoms with van der Waals surface area (Å²) in [5, 5.41) is 0.560. The summed E-state index contributed by atoms with van der Waals surface area (Å²) in [5.41, 5.74) is 0.702. The number of halogens is 1. The maximum Gasteiger partial charge on any atom is 0.343 e. The largest absolute Gasteiger partial charge is 0.462 e. The predicted molar refractivity (Wildman–Crippen MR) is 87.2 cm³/mol. The first-order valence-corrected chi connectivity index (χ1v) is 7.66. The van der Waals surface area contributed by atoms with Crippen molar-refractivity contribution in [2.75, 3.05) is 6.61 Å². The molecule has 106 valence electrons. The average molecular weight is 385 g/mol. The molecule has 20 heavy (non-hydrogen) atoms. The molecule has 1 aromatic heterocycles. The molecule has 0 fully saturated rings. The molecule has 1 heterocycles. The lowest BCUT2D eigenvalue weighted by molar-refractivity contribution is 0.0524. The van der Waals surface area contributed by atoms with Gasteiger partial charge in [-0.3, -0.25) is 4.79 Å². The maximum absolute atomic E-state index is 12.4. The fourth-order valence-corrected chi connectivity index (χ4v) is 2.62. The number of fused-ring (bicyclic) bond motifs is 1. The van der Waals surface area contributed by atoms with E-state index in [-0.39, 0.29) is 17.6 Å². The van der Waals surface area contributed by atoms with Crippen LogP contribution in [0, 0.1) is 3.57 Å². The van der Waals surface area contributed by atoms with Crippen LogP contribution < -0.4 is 5.43 Å². The Morgan fingerprint density at radius 2 is 2.10 bits per heavy atom. The molecule has 0 bridgehead atoms. The van der Waals surface area contributed by atoms with Crippen LogP contribution >= 0.6 is 22.6 Å². The third kappa shape index (κ3) is 2.87. The van der Waals surface area contributed by atoms with Gasteiger partial charge in [-0.15, -0.1) is 0 Å². The molecule has 0 aliphatic heterocycles. The summed E-state index contributed by atoms with van der Waals surface area (Å²) in [6.07, 6.45) is 2.54. The SMILES string of the molecule is CCCn1cc(C(=O)OCC)c(=O)c2ccc(I)cc21. The van der Waals surface area contributed by atoms with E-state index in [9.17, 15) is 9.59 Å². The van der Waals surface area contributed by atoms with Crippen LogP contribution in [0.5, 0.6) is 0 Å². The van der Waals surface area contributed by atoms with Crippen LogP contribution in [0.3, 0.4) is 0 Å². The highest BCUT2D eigenvalue weighted by molar-refractivity contribution is 14.1. The van der Waals surface area contributed by atoms with Gasteiger partial charge in [0.1, 0.15) is 5.56 Å². The van der Waals surface area contributed by atoms with E-state index in [1.165, 1.54) is 0 Å². The molecule has 5 heteroatoms. The molecule has 2 aromatic rings. The summed E-state index contributed by atoms with van der Waals surface area (Å²) < 4.78 is 7.97. The van der Waals surface area contributed by atoms with E-state index in [0.29, 0.717) is 5.39 Å². The second-order valence-electron chi connectivity index (χ2n) is 4.45. The Hall–Kier alpha value is -1.37. The number of hydrogen-bond donors (Lipinski definition) is 0. The van der Waals surface area contributed by atoms with Gasteiger partial charge in [-0.25, -0.2) is 4.79 Å². The third-order valence-electron chi connectivity index (χ3n) is 3.00. The van der Waals surface area contributed by atoms with Gasteiger partial charge >= 0.3 is 5.97 Å². The number of rotatable bonds is 4. The first-order chi connectivity index (χ1) is 9.58. The number of benzene rings is 1. The number of esters is 1. The molecule has 0 spiro atoms. The maximum atomic E-state index is 12.4. The predicted octanol–water partition coefficient (Wildman–Crippen LogP) is 3.19. The molecule has 0 N–H and O–H groups in total. The van der Waals surface area contributed by atoms with Crippen LogP contribution in [0.25, 0.3) is 10.9 Å². The summed E-state index contributed by atoms with van der Waals surface area (Å²) >= 11 is 2.21. The Bertz CT molecular complexity index is 706. The fraction of sp³-hybridized carbons (Fsp3) is 0.333. The van der Waals surface area contributed by atoms with Crippen molar-refractivity contribution in [3.8, 4) is 0 Å². The number of aromatic nitrogens is 1. The van der Waals surface area contributed by atoms with Crippen molar-refractivity contribution >= 4 is 39.5 Å². The van der Waals surface area contributed by atoms with E-state index in [1.54, 1.807) is 19.2 Å². The van der Waals surface area contributed by atoms with Gasteiger partial charge in [-0.05, 0) is 54.1 Å². The van der Waals surface area contributed by atoms with Gasteiger partial charge in [0.2, 0.25) is 5.43 Å². The van der Waals surface area contributed by atoms with Crippen LogP contribution in [-0.2, 0) is 11.3 Å². The summed E-state index contributed by atoms with van der Waals surface area (Å²) in [6.45, 7) is 4.80. The van der Waals surface area contributed by atoms with Gasteiger partial charge in [0.25, 0.3) is 0 Å². The number of carbonyl (C=O) groups excluding carboxylic acids is 1. The highest BCUT2D eigenvalue weighted by Gasteiger charge is 2.16. The molecule has 0 aliphatic carbocycles. The first-order valence-electron chi connectivity index (χ1n) is 6.58. The molecule has 2 rings (SSSR count). The Labute approximate surface area is 130 Å². The van der Waals surface area contributed by atoms with E-state index in [2.05, 4.69) is 29.5 Å². The van der Waals surface area contributed by atoms with Crippen LogP contribution in [0.1, 0.15) is 30.6 Å². The molecule has 4 nitrogen and oxygen atoms in total. The number of hydrogen-bond acceptors (Lipinski definition) is 3. The number of carbonyl (C=O) groups is 1. The molecule has 1 aromatic carbocycles. The van der Waals surface area contributed by atoms with Gasteiger partial charge in [0, 0.05) is 21.7 Å². The van der Waals surface area contributed by atoms with Gasteiger partial charge < -0.3 is 9.30 Å². The topological polar surface area (TPSA) is 48.3 Å². The van der Waals surface area contributed by atoms with E-state index < -0.39 is 5.97 Å². The lowest BCUT2D eigenvalue weighted by atomic mass is 10.1. The van der Waals surface area contributed by atoms with Crippen molar-refractivity contribution in [1.29, 1.82) is 0 Å². The number of pyridine rings is 1. The molecule has 0 aliphatic rings. The van der Waals surface area contributed by atoms with Gasteiger partial charge in [0.05, 0.1) is 12.1 Å². The third-order valence-corrected chi connectivity index (χ3v) is 3.67. The van der Waals surface area contributed by atoms with Crippen molar-refractivity contribution in [3.63, 3.8) is 0 Å². The Kier molecular flexibility index (Phi) is 4.80. The molecule has 0 saturated carbocycles. The molecular weight excluding hydrogens is 369 g/mol. The zero-order chi connectivity index (χ0) is 14.7. The minimum Gasteiger partial charge on any atom is -0.462 e. The molecular formula is C15H16INO3. The second kappa shape index (κ2) is 6.39. The number of ether oxygens (including phenoxy) is 1. The monoisotopic (exact) mass is 385 g/mol. The highest BCUT2D eigenvalue weighted by atomic mass is 127. The van der Waals surface area contributed by atoms with Gasteiger partial charge in [0.15, 0.2) is 0 Å². The van der Waals surface area contributed by atoms with Crippen molar-refractivity contribution in [1.82, 2.24) is 4.57 Å². The lowest BCUT2D eigenvalue weighted by Crippen LogP contribution is -2.21. The summed E-state index contributed by atoms with van der Waals surface area (Å²) in [5.74, 6) is -0.553. The van der Waals surface area contributed by atoms with Crippen molar-refractivity contribution in [3.05, 3.63) is 43.8 Å². The molecule has 0 atom stereocenters. The normalized spacial score (nSPS) is 10.8. The highest BCUT2D eigenvalue weighted by Crippen LogP contribution is 2.17. The van der Waals surface area contributed by atoms with E-state index in [0.717, 1.165) is 22.1 Å². The second-order valence-corrected chi connectivity index (χ2v) is 5.69. The van der Waals surface area contributed by atoms with Gasteiger partial charge in [-0.1, -0.05) is 6.92 Å². The summed E-state index contributed by atoms with van der Waals surface area (Å²) in [7, 11) is 0. The lowest BCUT2D eigenvalue weighted by Gasteiger charge is -2.12. The van der Waals surface area contributed by atoms with Crippen LogP contribution in [0.2, 0.25) is 0 Å². The Morgan fingerprint density at radius 1 is 1.35 bits per heavy atom.